The van der Waals surface area contributed by atoms with Gasteiger partial charge in [-0.05, 0) is 119 Å². The molecular formula is C68H72N4O24. The maximum atomic E-state index is 10.9. The number of rotatable bonds is 16. The highest BCUT2D eigenvalue weighted by Gasteiger charge is 2.48. The predicted molar refractivity (Wildman–Crippen MR) is 331 cm³/mol. The first kappa shape index (κ1) is 66.5. The van der Waals surface area contributed by atoms with E-state index < -0.39 is 149 Å². The second-order valence-electron chi connectivity index (χ2n) is 24.0. The van der Waals surface area contributed by atoms with Gasteiger partial charge in [0.2, 0.25) is 25.2 Å². The maximum Gasteiger partial charge on any atom is 0.229 e. The number of H-pyrrole nitrogens is 4. The van der Waals surface area contributed by atoms with E-state index in [9.17, 15) is 81.7 Å². The number of aromatic nitrogens is 4. The van der Waals surface area contributed by atoms with Crippen LogP contribution in [0.2, 0.25) is 0 Å². The van der Waals surface area contributed by atoms with Gasteiger partial charge in [-0.2, -0.15) is 0 Å². The van der Waals surface area contributed by atoms with Gasteiger partial charge in [-0.3, -0.25) is 0 Å². The van der Waals surface area contributed by atoms with Crippen LogP contribution in [0, 0.1) is 0 Å². The van der Waals surface area contributed by atoms with Crippen LogP contribution in [0.25, 0.3) is 22.3 Å². The van der Waals surface area contributed by atoms with Crippen LogP contribution in [0.4, 0.5) is 0 Å². The van der Waals surface area contributed by atoms with Gasteiger partial charge in [0.25, 0.3) is 0 Å². The lowest BCUT2D eigenvalue weighted by Gasteiger charge is -2.39. The molecule has 0 saturated carbocycles. The molecule has 4 aromatic heterocycles. The Bertz CT molecular complexity index is 3710. The van der Waals surface area contributed by atoms with Crippen molar-refractivity contribution >= 4 is 22.3 Å². The summed E-state index contributed by atoms with van der Waals surface area (Å²) in [5.74, 6) is 0.830. The molecule has 4 saturated heterocycles. The topological polar surface area (TPSA) is 461 Å². The predicted octanol–water partition coefficient (Wildman–Crippen LogP) is -4.98. The van der Waals surface area contributed by atoms with E-state index >= 15 is 0 Å². The smallest absolute Gasteiger partial charge is 0.229 e. The summed E-state index contributed by atoms with van der Waals surface area (Å²) in [6.45, 7) is -2.63. The molecule has 28 nitrogen and oxygen atoms in total. The van der Waals surface area contributed by atoms with Gasteiger partial charge < -0.3 is 140 Å². The average molecular weight is 1330 g/mol. The Kier molecular flexibility index (Phi) is 19.2. The SMILES string of the molecule is OC[C@H]1O[C@@H](Oc2ccc(C3=c4ccc([nH]4)=C(c4ccc(O[C@@H]5O[C@H](CO)[C@H](O)[C@H](O)[C@H]5O)cc4)c4ccc([nH]4)C(c4ccc(O[C@@H]5O[C@H](CO)[C@H](O)[C@H](O)[C@H]5O)cc4)=c4ccc([nH]4)=C(c4ccc(O[C@@H]5O[C@H](CO)[C@H](O)[C@H](O)[C@H]5O)cc4)c4ccc3[nH]4)cc2)[C@H](O)[C@@H](O)[C@H]1O. The van der Waals surface area contributed by atoms with Crippen LogP contribution < -0.4 is 40.3 Å². The Labute approximate surface area is 544 Å². The highest BCUT2D eigenvalue weighted by molar-refractivity contribution is 5.85. The van der Waals surface area contributed by atoms with E-state index in [0.29, 0.717) is 88.7 Å². The highest BCUT2D eigenvalue weighted by atomic mass is 16.7. The van der Waals surface area contributed by atoms with E-state index in [1.165, 1.54) is 0 Å². The summed E-state index contributed by atoms with van der Waals surface area (Å²) >= 11 is 0. The summed E-state index contributed by atoms with van der Waals surface area (Å²) in [6.07, 6.45) is -30.6. The number of aromatic amines is 4. The van der Waals surface area contributed by atoms with Crippen LogP contribution in [0.5, 0.6) is 23.0 Å². The number of benzene rings is 4. The lowest BCUT2D eigenvalue weighted by Crippen LogP contribution is -2.60. The fourth-order valence-corrected chi connectivity index (χ4v) is 12.6. The molecule has 0 radical (unpaired) electrons. The van der Waals surface area contributed by atoms with Gasteiger partial charge in [0.15, 0.2) is 0 Å². The number of fused-ring (bicyclic) bond motifs is 8. The van der Waals surface area contributed by atoms with Crippen molar-refractivity contribution in [2.24, 2.45) is 0 Å². The van der Waals surface area contributed by atoms with Gasteiger partial charge in [-0.1, -0.05) is 48.5 Å². The molecule has 5 aliphatic rings. The van der Waals surface area contributed by atoms with E-state index in [4.69, 9.17) is 37.9 Å². The lowest BCUT2D eigenvalue weighted by molar-refractivity contribution is -0.277. The number of ether oxygens (including phenoxy) is 8. The van der Waals surface area contributed by atoms with E-state index in [2.05, 4.69) is 19.9 Å². The lowest BCUT2D eigenvalue weighted by atomic mass is 9.99. The van der Waals surface area contributed by atoms with Crippen molar-refractivity contribution in [1.82, 2.24) is 19.9 Å². The molecule has 96 heavy (non-hydrogen) atoms. The Morgan fingerprint density at radius 3 is 0.625 bits per heavy atom. The molecule has 0 amide bonds. The third-order valence-corrected chi connectivity index (χ3v) is 17.9. The Balaban J connectivity index is 0.964. The molecule has 8 bridgehead atoms. The van der Waals surface area contributed by atoms with E-state index in [1.54, 1.807) is 97.1 Å². The minimum Gasteiger partial charge on any atom is -0.462 e. The van der Waals surface area contributed by atoms with Gasteiger partial charge >= 0.3 is 0 Å². The van der Waals surface area contributed by atoms with Crippen molar-refractivity contribution in [3.05, 3.63) is 212 Å². The monoisotopic (exact) mass is 1330 g/mol. The van der Waals surface area contributed by atoms with Crippen LogP contribution in [-0.4, -0.2) is 251 Å². The van der Waals surface area contributed by atoms with Crippen LogP contribution in [0.3, 0.4) is 0 Å². The molecule has 20 N–H and O–H groups in total. The summed E-state index contributed by atoms with van der Waals surface area (Å²) in [6, 6.07) is 42.3. The number of aliphatic hydroxyl groups is 16. The summed E-state index contributed by atoms with van der Waals surface area (Å²) in [5.41, 5.74) is 7.48. The summed E-state index contributed by atoms with van der Waals surface area (Å²) in [5, 5.41) is 169. The zero-order chi connectivity index (χ0) is 67.4. The highest BCUT2D eigenvalue weighted by Crippen LogP contribution is 2.35. The first-order chi connectivity index (χ1) is 46.3. The fourth-order valence-electron chi connectivity index (χ4n) is 12.6. The molecule has 9 heterocycles. The minimum atomic E-state index is -1.68. The van der Waals surface area contributed by atoms with Crippen molar-refractivity contribution in [3.8, 4) is 23.0 Å². The molecule has 5 aliphatic heterocycles. The Hall–Kier alpha value is -8.12. The molecule has 20 atom stereocenters. The number of hydrogen-bond acceptors (Lipinski definition) is 24. The molecule has 28 heteroatoms. The quantitative estimate of drug-likeness (QED) is 0.0431. The third-order valence-electron chi connectivity index (χ3n) is 17.9. The van der Waals surface area contributed by atoms with Crippen LogP contribution >= 0.6 is 0 Å². The maximum absolute atomic E-state index is 10.9. The molecule has 4 fully saturated rings. The van der Waals surface area contributed by atoms with Crippen LogP contribution in [0.15, 0.2) is 146 Å². The third kappa shape index (κ3) is 12.8. The van der Waals surface area contributed by atoms with Gasteiger partial charge in [-0.15, -0.1) is 0 Å². The van der Waals surface area contributed by atoms with Crippen molar-refractivity contribution in [3.63, 3.8) is 0 Å². The van der Waals surface area contributed by atoms with E-state index in [1.807, 2.05) is 48.5 Å². The number of nitrogens with one attached hydrogen (secondary N) is 4. The molecule has 13 rings (SSSR count). The van der Waals surface area contributed by atoms with Crippen molar-refractivity contribution in [2.45, 2.75) is 123 Å². The van der Waals surface area contributed by atoms with Crippen molar-refractivity contribution in [1.29, 1.82) is 0 Å². The van der Waals surface area contributed by atoms with Crippen LogP contribution in [0.1, 0.15) is 45.0 Å². The van der Waals surface area contributed by atoms with Crippen molar-refractivity contribution < 1.29 is 120 Å². The van der Waals surface area contributed by atoms with Crippen molar-refractivity contribution in [2.75, 3.05) is 26.4 Å². The standard InChI is InChI=1S/C68H72N4O24/c73-25-45-53(77)57(81)61(85)65(93-45)89-33-9-1-29(2-10-33)49-37-17-19-39(69-37)50(30-3-11-34(12-4-30)90-66-62(86)58(82)54(78)46(26-74)94-66)41-21-23-43(71-41)52(32-7-15-36(16-8-32)92-68-64(88)60(84)56(80)48(28-76)96-68)44-24-22-42(72-44)51(40-20-18-38(49)70-40)31-5-13-35(14-6-31)91-67-63(87)59(83)55(79)47(27-75)95-67/h1-24,45-48,53-88H,25-28H2/t45-,46-,47-,48-,53+,54+,55+,56+,57+,58+,59+,60+,61-,62-,63-,64-,65-,66-,67-,68-/m1/s1. The van der Waals surface area contributed by atoms with Gasteiger partial charge in [0.05, 0.1) is 26.4 Å². The molecule has 0 aliphatic carbocycles. The molecule has 0 unspecified atom stereocenters. The summed E-state index contributed by atoms with van der Waals surface area (Å²) in [7, 11) is 0. The Morgan fingerprint density at radius 2 is 0.438 bits per heavy atom. The number of aliphatic hydroxyl groups excluding tert-OH is 16. The zero-order valence-corrected chi connectivity index (χ0v) is 50.7. The van der Waals surface area contributed by atoms with Gasteiger partial charge in [-0.25, -0.2) is 0 Å². The van der Waals surface area contributed by atoms with E-state index in [0.717, 1.165) is 0 Å². The minimum absolute atomic E-state index is 0.207. The summed E-state index contributed by atoms with van der Waals surface area (Å²) in [4.78, 5) is 14.7. The normalized spacial score (nSPS) is 31.7. The van der Waals surface area contributed by atoms with Gasteiger partial charge in [0, 0.05) is 66.5 Å². The summed E-state index contributed by atoms with van der Waals surface area (Å²) < 4.78 is 46.6. The Morgan fingerprint density at radius 1 is 0.240 bits per heavy atom. The van der Waals surface area contributed by atoms with E-state index in [-0.39, 0.29) is 23.0 Å². The first-order valence-corrected chi connectivity index (χ1v) is 30.9. The average Bonchev–Trinajstić information content (AvgIpc) is 1.59. The fraction of sp³-hybridized carbons (Fsp3) is 0.353. The van der Waals surface area contributed by atoms with Gasteiger partial charge in [0.1, 0.15) is 121 Å². The number of hydrogen-bond donors (Lipinski definition) is 20. The second kappa shape index (κ2) is 27.8. The molecule has 4 aromatic carbocycles. The molecule has 8 aromatic rings. The molecule has 508 valence electrons. The molecule has 0 spiro atoms. The van der Waals surface area contributed by atoms with Crippen LogP contribution in [-0.2, 0) is 18.9 Å². The first-order valence-electron chi connectivity index (χ1n) is 30.9. The molecular weight excluding hydrogens is 1260 g/mol. The largest absolute Gasteiger partial charge is 0.462 e. The zero-order valence-electron chi connectivity index (χ0n) is 50.7. The second-order valence-corrected chi connectivity index (χ2v) is 24.0.